The van der Waals surface area contributed by atoms with E-state index in [0.717, 1.165) is 25.9 Å². The fourth-order valence-electron chi connectivity index (χ4n) is 1.29. The molecule has 1 aromatic heterocycles. The minimum atomic E-state index is 0.247. The zero-order valence-electron chi connectivity index (χ0n) is 8.54. The van der Waals surface area contributed by atoms with Gasteiger partial charge in [0.1, 0.15) is 0 Å². The van der Waals surface area contributed by atoms with Gasteiger partial charge in [0.25, 0.3) is 0 Å². The van der Waals surface area contributed by atoms with Gasteiger partial charge in [-0.25, -0.2) is 0 Å². The highest BCUT2D eigenvalue weighted by molar-refractivity contribution is 6.20. The van der Waals surface area contributed by atoms with Crippen molar-refractivity contribution in [1.82, 2.24) is 10.3 Å². The highest BCUT2D eigenvalue weighted by atomic mass is 35.5. The lowest BCUT2D eigenvalue weighted by Gasteiger charge is -2.09. The van der Waals surface area contributed by atoms with Gasteiger partial charge in [-0.05, 0) is 18.1 Å². The molecule has 1 aromatic rings. The summed E-state index contributed by atoms with van der Waals surface area (Å²) in [6.07, 6.45) is 5.87. The topological polar surface area (TPSA) is 24.9 Å². The molecule has 14 heavy (non-hydrogen) atoms. The van der Waals surface area contributed by atoms with E-state index in [9.17, 15) is 0 Å². The van der Waals surface area contributed by atoms with Crippen molar-refractivity contribution in [1.29, 1.82) is 0 Å². The summed E-state index contributed by atoms with van der Waals surface area (Å²) in [7, 11) is 0. The van der Waals surface area contributed by atoms with Crippen LogP contribution in [0.15, 0.2) is 24.5 Å². The van der Waals surface area contributed by atoms with Crippen molar-refractivity contribution >= 4 is 11.6 Å². The van der Waals surface area contributed by atoms with Crippen molar-refractivity contribution < 1.29 is 0 Å². The molecular formula is C11H17ClN2. The van der Waals surface area contributed by atoms with Crippen LogP contribution in [0, 0.1) is 0 Å². The smallest absolute Gasteiger partial charge is 0.0460 e. The Bertz CT molecular complexity index is 238. The molecule has 0 saturated carbocycles. The molecule has 0 aliphatic carbocycles. The molecule has 0 fully saturated rings. The minimum Gasteiger partial charge on any atom is -0.311 e. The molecule has 0 saturated heterocycles. The van der Waals surface area contributed by atoms with Crippen LogP contribution in [0.3, 0.4) is 0 Å². The molecule has 78 valence electrons. The first-order chi connectivity index (χ1) is 6.83. The first-order valence-electron chi connectivity index (χ1n) is 5.06. The van der Waals surface area contributed by atoms with E-state index in [-0.39, 0.29) is 5.38 Å². The van der Waals surface area contributed by atoms with Crippen LogP contribution in [0.1, 0.15) is 25.3 Å². The van der Waals surface area contributed by atoms with E-state index in [4.69, 9.17) is 11.6 Å². The van der Waals surface area contributed by atoms with Gasteiger partial charge in [-0.15, -0.1) is 11.6 Å². The van der Waals surface area contributed by atoms with Crippen LogP contribution < -0.4 is 5.32 Å². The zero-order valence-corrected chi connectivity index (χ0v) is 9.30. The van der Waals surface area contributed by atoms with Crippen LogP contribution in [-0.2, 0) is 6.54 Å². The molecule has 1 unspecified atom stereocenters. The second kappa shape index (κ2) is 6.80. The molecule has 0 aliphatic heterocycles. The van der Waals surface area contributed by atoms with Crippen molar-refractivity contribution in [2.75, 3.05) is 6.54 Å². The molecule has 0 spiro atoms. The zero-order chi connectivity index (χ0) is 10.2. The van der Waals surface area contributed by atoms with E-state index in [2.05, 4.69) is 23.3 Å². The maximum atomic E-state index is 6.07. The molecule has 0 radical (unpaired) electrons. The Kier molecular flexibility index (Phi) is 5.57. The van der Waals surface area contributed by atoms with Crippen molar-refractivity contribution in [3.05, 3.63) is 30.1 Å². The number of halogens is 1. The Morgan fingerprint density at radius 1 is 1.57 bits per heavy atom. The predicted molar refractivity (Wildman–Crippen MR) is 60.5 cm³/mol. The molecule has 1 N–H and O–H groups in total. The summed E-state index contributed by atoms with van der Waals surface area (Å²) in [4.78, 5) is 4.05. The number of hydrogen-bond donors (Lipinski definition) is 1. The van der Waals surface area contributed by atoms with Crippen LogP contribution in [0.5, 0.6) is 0 Å². The van der Waals surface area contributed by atoms with E-state index in [0.29, 0.717) is 0 Å². The second-order valence-electron chi connectivity index (χ2n) is 3.38. The van der Waals surface area contributed by atoms with Crippen LogP contribution in [-0.4, -0.2) is 16.9 Å². The first kappa shape index (κ1) is 11.5. The van der Waals surface area contributed by atoms with Gasteiger partial charge in [0.05, 0.1) is 0 Å². The Morgan fingerprint density at radius 2 is 2.43 bits per heavy atom. The summed E-state index contributed by atoms with van der Waals surface area (Å²) >= 11 is 6.07. The standard InChI is InChI=1S/C11H17ClN2/c1-2-4-11(12)9-14-8-10-5-3-6-13-7-10/h3,5-7,11,14H,2,4,8-9H2,1H3. The summed E-state index contributed by atoms with van der Waals surface area (Å²) in [5, 5.41) is 3.56. The summed E-state index contributed by atoms with van der Waals surface area (Å²) in [5.41, 5.74) is 1.20. The highest BCUT2D eigenvalue weighted by Crippen LogP contribution is 2.03. The molecule has 1 rings (SSSR count). The number of nitrogens with zero attached hydrogens (tertiary/aromatic N) is 1. The molecule has 0 amide bonds. The van der Waals surface area contributed by atoms with E-state index in [1.165, 1.54) is 5.56 Å². The van der Waals surface area contributed by atoms with Gasteiger partial charge in [-0.1, -0.05) is 19.4 Å². The molecule has 1 atom stereocenters. The van der Waals surface area contributed by atoms with E-state index in [1.807, 2.05) is 12.3 Å². The van der Waals surface area contributed by atoms with Gasteiger partial charge in [0.2, 0.25) is 0 Å². The molecule has 0 aromatic carbocycles. The number of rotatable bonds is 6. The number of alkyl halides is 1. The molecule has 0 bridgehead atoms. The largest absolute Gasteiger partial charge is 0.311 e. The van der Waals surface area contributed by atoms with Gasteiger partial charge >= 0.3 is 0 Å². The Morgan fingerprint density at radius 3 is 3.07 bits per heavy atom. The van der Waals surface area contributed by atoms with Crippen molar-refractivity contribution in [3.8, 4) is 0 Å². The number of aromatic nitrogens is 1. The Labute approximate surface area is 90.7 Å². The van der Waals surface area contributed by atoms with Crippen LogP contribution >= 0.6 is 11.6 Å². The maximum absolute atomic E-state index is 6.07. The Hall–Kier alpha value is -0.600. The summed E-state index contributed by atoms with van der Waals surface area (Å²) < 4.78 is 0. The molecule has 3 heteroatoms. The van der Waals surface area contributed by atoms with Crippen LogP contribution in [0.2, 0.25) is 0 Å². The van der Waals surface area contributed by atoms with Crippen LogP contribution in [0.25, 0.3) is 0 Å². The molecule has 0 aliphatic rings. The lowest BCUT2D eigenvalue weighted by molar-refractivity contribution is 0.622. The third-order valence-corrected chi connectivity index (χ3v) is 2.39. The minimum absolute atomic E-state index is 0.247. The lowest BCUT2D eigenvalue weighted by atomic mass is 10.2. The van der Waals surface area contributed by atoms with Gasteiger partial charge in [-0.3, -0.25) is 4.98 Å². The fourth-order valence-corrected chi connectivity index (χ4v) is 1.62. The Balaban J connectivity index is 2.16. The highest BCUT2D eigenvalue weighted by Gasteiger charge is 2.01. The average molecular weight is 213 g/mol. The average Bonchev–Trinajstić information content (AvgIpc) is 2.20. The fraction of sp³-hybridized carbons (Fsp3) is 0.545. The SMILES string of the molecule is CCCC(Cl)CNCc1cccnc1. The summed E-state index contributed by atoms with van der Waals surface area (Å²) in [5.74, 6) is 0. The lowest BCUT2D eigenvalue weighted by Crippen LogP contribution is -2.22. The van der Waals surface area contributed by atoms with Gasteiger partial charge < -0.3 is 5.32 Å². The third-order valence-electron chi connectivity index (χ3n) is 2.02. The van der Waals surface area contributed by atoms with Crippen LogP contribution in [0.4, 0.5) is 0 Å². The first-order valence-corrected chi connectivity index (χ1v) is 5.50. The molecular weight excluding hydrogens is 196 g/mol. The number of hydrogen-bond acceptors (Lipinski definition) is 2. The van der Waals surface area contributed by atoms with E-state index >= 15 is 0 Å². The molecule has 2 nitrogen and oxygen atoms in total. The normalized spacial score (nSPS) is 12.7. The van der Waals surface area contributed by atoms with Gasteiger partial charge in [0, 0.05) is 30.9 Å². The second-order valence-corrected chi connectivity index (χ2v) is 4.00. The van der Waals surface area contributed by atoms with Crippen molar-refractivity contribution in [2.24, 2.45) is 0 Å². The van der Waals surface area contributed by atoms with Gasteiger partial charge in [0.15, 0.2) is 0 Å². The predicted octanol–water partition coefficient (Wildman–Crippen LogP) is 2.58. The van der Waals surface area contributed by atoms with Crippen molar-refractivity contribution in [3.63, 3.8) is 0 Å². The quantitative estimate of drug-likeness (QED) is 0.734. The van der Waals surface area contributed by atoms with Gasteiger partial charge in [-0.2, -0.15) is 0 Å². The summed E-state index contributed by atoms with van der Waals surface area (Å²) in [6.45, 7) is 3.86. The molecule has 1 heterocycles. The third kappa shape index (κ3) is 4.58. The van der Waals surface area contributed by atoms with Crippen molar-refractivity contribution in [2.45, 2.75) is 31.7 Å². The van der Waals surface area contributed by atoms with E-state index < -0.39 is 0 Å². The number of nitrogens with one attached hydrogen (secondary N) is 1. The van der Waals surface area contributed by atoms with E-state index in [1.54, 1.807) is 6.20 Å². The number of pyridine rings is 1. The maximum Gasteiger partial charge on any atom is 0.0460 e. The summed E-state index contributed by atoms with van der Waals surface area (Å²) in [6, 6.07) is 4.00. The monoisotopic (exact) mass is 212 g/mol.